The third kappa shape index (κ3) is 2.10. The highest BCUT2D eigenvalue weighted by atomic mass is 32.1. The SMILES string of the molecule is FC(F)(F)c1csc2cc(C3NCCc4[nH]cnc43)ncc12. The predicted octanol–water partition coefficient (Wildman–Crippen LogP) is 3.27. The Balaban J connectivity index is 1.79. The highest BCUT2D eigenvalue weighted by Gasteiger charge is 2.34. The third-order valence-corrected chi connectivity index (χ3v) is 4.78. The van der Waals surface area contributed by atoms with Crippen LogP contribution in [0.25, 0.3) is 10.1 Å². The van der Waals surface area contributed by atoms with Gasteiger partial charge in [-0.15, -0.1) is 11.3 Å². The van der Waals surface area contributed by atoms with Crippen molar-refractivity contribution in [2.75, 3.05) is 6.54 Å². The van der Waals surface area contributed by atoms with Crippen LogP contribution >= 0.6 is 11.3 Å². The van der Waals surface area contributed by atoms with Crippen molar-refractivity contribution in [2.24, 2.45) is 0 Å². The molecule has 0 aliphatic carbocycles. The van der Waals surface area contributed by atoms with Gasteiger partial charge in [-0.25, -0.2) is 4.98 Å². The Hall–Kier alpha value is -1.93. The van der Waals surface area contributed by atoms with E-state index < -0.39 is 11.7 Å². The van der Waals surface area contributed by atoms with Gasteiger partial charge in [-0.05, 0) is 6.07 Å². The van der Waals surface area contributed by atoms with E-state index in [4.69, 9.17) is 0 Å². The van der Waals surface area contributed by atoms with E-state index in [9.17, 15) is 13.2 Å². The molecule has 1 aliphatic rings. The van der Waals surface area contributed by atoms with Gasteiger partial charge in [0.25, 0.3) is 0 Å². The van der Waals surface area contributed by atoms with Crippen LogP contribution < -0.4 is 5.32 Å². The molecule has 3 aromatic rings. The first-order valence-electron chi connectivity index (χ1n) is 6.74. The predicted molar refractivity (Wildman–Crippen MR) is 76.8 cm³/mol. The van der Waals surface area contributed by atoms with Crippen LogP contribution in [0.1, 0.15) is 28.7 Å². The first-order chi connectivity index (χ1) is 10.5. The van der Waals surface area contributed by atoms with E-state index in [0.29, 0.717) is 10.4 Å². The van der Waals surface area contributed by atoms with E-state index in [2.05, 4.69) is 20.3 Å². The molecule has 1 unspecified atom stereocenters. The second kappa shape index (κ2) is 4.79. The minimum atomic E-state index is -4.35. The van der Waals surface area contributed by atoms with E-state index in [-0.39, 0.29) is 11.4 Å². The summed E-state index contributed by atoms with van der Waals surface area (Å²) in [5.41, 5.74) is 1.98. The van der Waals surface area contributed by atoms with Crippen molar-refractivity contribution < 1.29 is 13.2 Å². The lowest BCUT2D eigenvalue weighted by molar-refractivity contribution is -0.136. The molecule has 114 valence electrons. The molecule has 4 rings (SSSR count). The number of thiophene rings is 1. The van der Waals surface area contributed by atoms with Crippen LogP contribution in [0.2, 0.25) is 0 Å². The highest BCUT2D eigenvalue weighted by Crippen LogP contribution is 2.39. The summed E-state index contributed by atoms with van der Waals surface area (Å²) in [4.78, 5) is 11.6. The number of aromatic amines is 1. The van der Waals surface area contributed by atoms with Crippen molar-refractivity contribution in [1.29, 1.82) is 0 Å². The van der Waals surface area contributed by atoms with Gasteiger partial charge in [0.05, 0.1) is 29.3 Å². The summed E-state index contributed by atoms with van der Waals surface area (Å²) in [6, 6.07) is 1.53. The summed E-state index contributed by atoms with van der Waals surface area (Å²) in [6.07, 6.45) is -0.548. The van der Waals surface area contributed by atoms with Crippen LogP contribution in [-0.2, 0) is 12.6 Å². The van der Waals surface area contributed by atoms with Gasteiger partial charge in [0.1, 0.15) is 0 Å². The zero-order valence-corrected chi connectivity index (χ0v) is 12.1. The summed E-state index contributed by atoms with van der Waals surface area (Å²) in [6.45, 7) is 0.776. The average Bonchev–Trinajstić information content (AvgIpc) is 3.11. The fourth-order valence-electron chi connectivity index (χ4n) is 2.78. The van der Waals surface area contributed by atoms with Crippen molar-refractivity contribution in [3.05, 3.63) is 46.6 Å². The highest BCUT2D eigenvalue weighted by molar-refractivity contribution is 7.17. The molecule has 0 radical (unpaired) electrons. The number of nitrogens with one attached hydrogen (secondary N) is 2. The monoisotopic (exact) mass is 324 g/mol. The Bertz CT molecular complexity index is 836. The zero-order valence-electron chi connectivity index (χ0n) is 11.2. The van der Waals surface area contributed by atoms with Gasteiger partial charge < -0.3 is 10.3 Å². The number of halogens is 3. The maximum Gasteiger partial charge on any atom is 0.417 e. The van der Waals surface area contributed by atoms with Crippen molar-refractivity contribution >= 4 is 21.4 Å². The molecule has 8 heteroatoms. The smallest absolute Gasteiger partial charge is 0.348 e. The molecule has 0 saturated carbocycles. The number of H-pyrrole nitrogens is 1. The molecular formula is C14H11F3N4S. The number of fused-ring (bicyclic) bond motifs is 2. The Morgan fingerprint density at radius 3 is 2.95 bits per heavy atom. The van der Waals surface area contributed by atoms with E-state index in [1.54, 1.807) is 12.4 Å². The van der Waals surface area contributed by atoms with Gasteiger partial charge in [0, 0.05) is 40.3 Å². The molecule has 0 fully saturated rings. The Morgan fingerprint density at radius 1 is 1.27 bits per heavy atom. The van der Waals surface area contributed by atoms with Gasteiger partial charge in [0.2, 0.25) is 0 Å². The van der Waals surface area contributed by atoms with Gasteiger partial charge in [-0.2, -0.15) is 13.2 Å². The molecule has 0 saturated heterocycles. The number of hydrogen-bond donors (Lipinski definition) is 2. The molecule has 1 atom stereocenters. The fraction of sp³-hybridized carbons (Fsp3) is 0.286. The lowest BCUT2D eigenvalue weighted by atomic mass is 10.0. The van der Waals surface area contributed by atoms with Crippen molar-refractivity contribution in [1.82, 2.24) is 20.3 Å². The molecular weight excluding hydrogens is 313 g/mol. The summed E-state index contributed by atoms with van der Waals surface area (Å²) < 4.78 is 39.3. The van der Waals surface area contributed by atoms with Gasteiger partial charge in [-0.1, -0.05) is 0 Å². The van der Waals surface area contributed by atoms with Crippen molar-refractivity contribution in [2.45, 2.75) is 18.6 Å². The number of rotatable bonds is 1. The molecule has 0 amide bonds. The van der Waals surface area contributed by atoms with E-state index in [0.717, 1.165) is 41.1 Å². The zero-order chi connectivity index (χ0) is 15.3. The number of imidazole rings is 1. The molecule has 4 heterocycles. The third-order valence-electron chi connectivity index (χ3n) is 3.83. The summed E-state index contributed by atoms with van der Waals surface area (Å²) in [5, 5.41) is 4.61. The molecule has 3 aromatic heterocycles. The van der Waals surface area contributed by atoms with E-state index >= 15 is 0 Å². The average molecular weight is 324 g/mol. The Kier molecular flexibility index (Phi) is 2.98. The number of hydrogen-bond acceptors (Lipinski definition) is 4. The van der Waals surface area contributed by atoms with Crippen LogP contribution in [0.5, 0.6) is 0 Å². The fourth-order valence-corrected chi connectivity index (χ4v) is 3.76. The second-order valence-corrected chi connectivity index (χ2v) is 6.07. The molecule has 1 aliphatic heterocycles. The van der Waals surface area contributed by atoms with Crippen LogP contribution in [0.4, 0.5) is 13.2 Å². The lowest BCUT2D eigenvalue weighted by Crippen LogP contribution is -2.31. The van der Waals surface area contributed by atoms with Gasteiger partial charge in [-0.3, -0.25) is 4.98 Å². The quantitative estimate of drug-likeness (QED) is 0.722. The van der Waals surface area contributed by atoms with Gasteiger partial charge >= 0.3 is 6.18 Å². The van der Waals surface area contributed by atoms with Gasteiger partial charge in [0.15, 0.2) is 0 Å². The minimum Gasteiger partial charge on any atom is -0.348 e. The molecule has 0 bridgehead atoms. The standard InChI is InChI=1S/C14H11F3N4S/c15-14(16,17)8-5-22-11-3-10(19-4-7(8)11)13-12-9(1-2-18-13)20-6-21-12/h3-6,13,18H,1-2H2,(H,20,21). The van der Waals surface area contributed by atoms with Crippen LogP contribution in [0.3, 0.4) is 0 Å². The summed E-state index contributed by atoms with van der Waals surface area (Å²) in [5.74, 6) is 0. The summed E-state index contributed by atoms with van der Waals surface area (Å²) >= 11 is 1.09. The first kappa shape index (κ1) is 13.7. The van der Waals surface area contributed by atoms with Crippen LogP contribution in [-0.4, -0.2) is 21.5 Å². The molecule has 2 N–H and O–H groups in total. The molecule has 22 heavy (non-hydrogen) atoms. The van der Waals surface area contributed by atoms with E-state index in [1.807, 2.05) is 0 Å². The maximum absolute atomic E-state index is 12.9. The van der Waals surface area contributed by atoms with Crippen molar-refractivity contribution in [3.8, 4) is 0 Å². The number of aromatic nitrogens is 3. The van der Waals surface area contributed by atoms with E-state index in [1.165, 1.54) is 6.20 Å². The normalized spacial score (nSPS) is 18.6. The largest absolute Gasteiger partial charge is 0.417 e. The van der Waals surface area contributed by atoms with Crippen LogP contribution in [0.15, 0.2) is 24.0 Å². The first-order valence-corrected chi connectivity index (χ1v) is 7.62. The number of pyridine rings is 1. The molecule has 0 spiro atoms. The summed E-state index contributed by atoms with van der Waals surface area (Å²) in [7, 11) is 0. The molecule has 4 nitrogen and oxygen atoms in total. The maximum atomic E-state index is 12.9. The molecule has 0 aromatic carbocycles. The Labute approximate surface area is 127 Å². The second-order valence-electron chi connectivity index (χ2n) is 5.16. The topological polar surface area (TPSA) is 53.6 Å². The number of nitrogens with zero attached hydrogens (tertiary/aromatic N) is 2. The number of alkyl halides is 3. The minimum absolute atomic E-state index is 0.152. The Morgan fingerprint density at radius 2 is 2.14 bits per heavy atom. The lowest BCUT2D eigenvalue weighted by Gasteiger charge is -2.22. The van der Waals surface area contributed by atoms with Crippen molar-refractivity contribution in [3.63, 3.8) is 0 Å². The van der Waals surface area contributed by atoms with Crippen LogP contribution in [0, 0.1) is 0 Å².